The first-order valence-electron chi connectivity index (χ1n) is 8.92. The highest BCUT2D eigenvalue weighted by Gasteiger charge is 2.17. The van der Waals surface area contributed by atoms with Crippen LogP contribution < -0.4 is 0 Å². The molecule has 6 nitrogen and oxygen atoms in total. The third kappa shape index (κ3) is 2.71. The zero-order valence-electron chi connectivity index (χ0n) is 15.5. The standard InChI is InChI=1S/C21H17N5OS/c1-13-12-28-19(24-13)9-18(27)17-8-15(11-26-7-6-22-21(17)26)16-5-3-4-14-10-23-25(2)20(14)16/h3-8,10-12H,9H2,1-2H3. The fraction of sp³-hybridized carbons (Fsp3) is 0.143. The Balaban J connectivity index is 1.67. The number of pyridine rings is 1. The van der Waals surface area contributed by atoms with E-state index >= 15 is 0 Å². The number of thiazole rings is 1. The molecular weight excluding hydrogens is 370 g/mol. The van der Waals surface area contributed by atoms with Crippen molar-refractivity contribution in [1.82, 2.24) is 24.1 Å². The average molecular weight is 387 g/mol. The Morgan fingerprint density at radius 3 is 3.00 bits per heavy atom. The van der Waals surface area contributed by atoms with Gasteiger partial charge in [-0.3, -0.25) is 9.48 Å². The van der Waals surface area contributed by atoms with Gasteiger partial charge < -0.3 is 4.40 Å². The van der Waals surface area contributed by atoms with E-state index in [2.05, 4.69) is 21.1 Å². The number of aryl methyl sites for hydroxylation is 2. The molecule has 0 N–H and O–H groups in total. The van der Waals surface area contributed by atoms with Crippen LogP contribution in [0.4, 0.5) is 0 Å². The van der Waals surface area contributed by atoms with E-state index in [0.29, 0.717) is 11.2 Å². The van der Waals surface area contributed by atoms with Gasteiger partial charge in [0.25, 0.3) is 0 Å². The second-order valence-electron chi connectivity index (χ2n) is 6.79. The van der Waals surface area contributed by atoms with E-state index in [1.807, 2.05) is 65.2 Å². The number of hydrogen-bond acceptors (Lipinski definition) is 5. The lowest BCUT2D eigenvalue weighted by Crippen LogP contribution is -2.07. The van der Waals surface area contributed by atoms with Crippen molar-refractivity contribution in [1.29, 1.82) is 0 Å². The number of Topliss-reactive ketones (excluding diaryl/α,β-unsaturated/α-hetero) is 1. The van der Waals surface area contributed by atoms with Crippen LogP contribution in [-0.2, 0) is 13.5 Å². The summed E-state index contributed by atoms with van der Waals surface area (Å²) in [6.07, 6.45) is 7.72. The summed E-state index contributed by atoms with van der Waals surface area (Å²) in [6, 6.07) is 8.04. The maximum absolute atomic E-state index is 13.1. The highest BCUT2D eigenvalue weighted by Crippen LogP contribution is 2.30. The Labute approximate surface area is 165 Å². The van der Waals surface area contributed by atoms with Crippen LogP contribution in [0, 0.1) is 6.92 Å². The zero-order chi connectivity index (χ0) is 19.3. The van der Waals surface area contributed by atoms with Crippen molar-refractivity contribution in [3.05, 3.63) is 70.7 Å². The predicted molar refractivity (Wildman–Crippen MR) is 110 cm³/mol. The van der Waals surface area contributed by atoms with Gasteiger partial charge in [0.15, 0.2) is 5.78 Å². The van der Waals surface area contributed by atoms with Crippen LogP contribution in [0.5, 0.6) is 0 Å². The van der Waals surface area contributed by atoms with Gasteiger partial charge in [-0.25, -0.2) is 9.97 Å². The molecule has 0 saturated carbocycles. The van der Waals surface area contributed by atoms with E-state index in [-0.39, 0.29) is 12.2 Å². The molecule has 0 aliphatic rings. The van der Waals surface area contributed by atoms with Crippen molar-refractivity contribution in [3.63, 3.8) is 0 Å². The molecule has 0 spiro atoms. The van der Waals surface area contributed by atoms with E-state index in [1.165, 1.54) is 11.3 Å². The van der Waals surface area contributed by atoms with Crippen LogP contribution in [0.15, 0.2) is 54.4 Å². The van der Waals surface area contributed by atoms with Gasteiger partial charge in [0.2, 0.25) is 0 Å². The van der Waals surface area contributed by atoms with E-state index < -0.39 is 0 Å². The number of imidazole rings is 1. The molecule has 0 radical (unpaired) electrons. The minimum Gasteiger partial charge on any atom is -0.306 e. The van der Waals surface area contributed by atoms with E-state index in [1.54, 1.807) is 6.20 Å². The highest BCUT2D eigenvalue weighted by molar-refractivity contribution is 7.09. The molecule has 0 bridgehead atoms. The molecule has 0 atom stereocenters. The topological polar surface area (TPSA) is 65.1 Å². The summed E-state index contributed by atoms with van der Waals surface area (Å²) in [7, 11) is 1.93. The van der Waals surface area contributed by atoms with Gasteiger partial charge in [-0.15, -0.1) is 11.3 Å². The second-order valence-corrected chi connectivity index (χ2v) is 7.74. The molecule has 28 heavy (non-hydrogen) atoms. The minimum absolute atomic E-state index is 0.0181. The van der Waals surface area contributed by atoms with E-state index in [0.717, 1.165) is 32.7 Å². The molecule has 0 fully saturated rings. The Bertz CT molecular complexity index is 1340. The number of aromatic nitrogens is 5. The van der Waals surface area contributed by atoms with Gasteiger partial charge in [0.1, 0.15) is 10.7 Å². The van der Waals surface area contributed by atoms with Crippen molar-refractivity contribution >= 4 is 33.7 Å². The summed E-state index contributed by atoms with van der Waals surface area (Å²) >= 11 is 1.51. The average Bonchev–Trinajstić information content (AvgIpc) is 3.41. The van der Waals surface area contributed by atoms with Crippen LogP contribution in [0.25, 0.3) is 27.7 Å². The summed E-state index contributed by atoms with van der Waals surface area (Å²) in [5.74, 6) is 0.0181. The van der Waals surface area contributed by atoms with Crippen LogP contribution in [0.2, 0.25) is 0 Å². The van der Waals surface area contributed by atoms with Crippen LogP contribution in [0.3, 0.4) is 0 Å². The number of ketones is 1. The van der Waals surface area contributed by atoms with Gasteiger partial charge in [0.05, 0.1) is 23.7 Å². The maximum atomic E-state index is 13.1. The lowest BCUT2D eigenvalue weighted by molar-refractivity contribution is 0.0994. The third-order valence-corrected chi connectivity index (χ3v) is 5.80. The number of nitrogens with zero attached hydrogens (tertiary/aromatic N) is 5. The predicted octanol–water partition coefficient (Wildman–Crippen LogP) is 4.08. The molecule has 5 rings (SSSR count). The second kappa shape index (κ2) is 6.38. The third-order valence-electron chi connectivity index (χ3n) is 4.84. The Kier molecular flexibility index (Phi) is 3.84. The van der Waals surface area contributed by atoms with Crippen molar-refractivity contribution < 1.29 is 4.79 Å². The molecule has 5 aromatic rings. The fourth-order valence-electron chi connectivity index (χ4n) is 3.57. The SMILES string of the molecule is Cc1csc(CC(=O)c2cc(-c3cccc4cnn(C)c34)cn3ccnc23)n1. The molecular formula is C21H17N5OS. The summed E-state index contributed by atoms with van der Waals surface area (Å²) < 4.78 is 3.77. The quantitative estimate of drug-likeness (QED) is 0.436. The number of benzene rings is 1. The number of rotatable bonds is 4. The lowest BCUT2D eigenvalue weighted by Gasteiger charge is -2.10. The first kappa shape index (κ1) is 16.8. The maximum Gasteiger partial charge on any atom is 0.173 e. The summed E-state index contributed by atoms with van der Waals surface area (Å²) in [5.41, 5.74) is 5.24. The normalized spacial score (nSPS) is 11.5. The zero-order valence-corrected chi connectivity index (χ0v) is 16.3. The molecule has 4 heterocycles. The van der Waals surface area contributed by atoms with Crippen molar-refractivity contribution in [2.75, 3.05) is 0 Å². The smallest absolute Gasteiger partial charge is 0.173 e. The monoisotopic (exact) mass is 387 g/mol. The molecule has 0 saturated heterocycles. The highest BCUT2D eigenvalue weighted by atomic mass is 32.1. The van der Waals surface area contributed by atoms with Crippen molar-refractivity contribution in [2.24, 2.45) is 7.05 Å². The molecule has 0 aliphatic heterocycles. The van der Waals surface area contributed by atoms with Crippen molar-refractivity contribution in [2.45, 2.75) is 13.3 Å². The van der Waals surface area contributed by atoms with Gasteiger partial charge in [-0.05, 0) is 13.0 Å². The van der Waals surface area contributed by atoms with E-state index in [9.17, 15) is 4.79 Å². The van der Waals surface area contributed by atoms with Crippen LogP contribution >= 0.6 is 11.3 Å². The number of carbonyl (C=O) groups is 1. The molecule has 138 valence electrons. The molecule has 4 aromatic heterocycles. The largest absolute Gasteiger partial charge is 0.306 e. The first-order valence-corrected chi connectivity index (χ1v) is 9.80. The van der Waals surface area contributed by atoms with Crippen LogP contribution in [0.1, 0.15) is 21.1 Å². The summed E-state index contributed by atoms with van der Waals surface area (Å²) in [6.45, 7) is 1.94. The number of carbonyl (C=O) groups excluding carboxylic acids is 1. The molecule has 0 amide bonds. The fourth-order valence-corrected chi connectivity index (χ4v) is 4.34. The van der Waals surface area contributed by atoms with Gasteiger partial charge >= 0.3 is 0 Å². The van der Waals surface area contributed by atoms with Gasteiger partial charge in [-0.1, -0.05) is 18.2 Å². The number of hydrogen-bond donors (Lipinski definition) is 0. The minimum atomic E-state index is 0.0181. The van der Waals surface area contributed by atoms with Gasteiger partial charge in [-0.2, -0.15) is 5.10 Å². The first-order chi connectivity index (χ1) is 13.6. The summed E-state index contributed by atoms with van der Waals surface area (Å²) in [5, 5.41) is 8.23. The lowest BCUT2D eigenvalue weighted by atomic mass is 10.0. The molecule has 1 aromatic carbocycles. The Hall–Kier alpha value is -3.32. The van der Waals surface area contributed by atoms with E-state index in [4.69, 9.17) is 0 Å². The molecule has 0 aliphatic carbocycles. The van der Waals surface area contributed by atoms with Crippen molar-refractivity contribution in [3.8, 4) is 11.1 Å². The number of para-hydroxylation sites is 1. The summed E-state index contributed by atoms with van der Waals surface area (Å²) in [4.78, 5) is 21.9. The Morgan fingerprint density at radius 1 is 1.29 bits per heavy atom. The van der Waals surface area contributed by atoms with Gasteiger partial charge in [0, 0.05) is 53.2 Å². The molecule has 0 unspecified atom stereocenters. The van der Waals surface area contributed by atoms with Crippen LogP contribution in [-0.4, -0.2) is 29.9 Å². The Morgan fingerprint density at radius 2 is 2.18 bits per heavy atom. The molecule has 7 heteroatoms. The number of fused-ring (bicyclic) bond motifs is 2.